The molecule has 1 heterocycles. The smallest absolute Gasteiger partial charge is 0.255 e. The molecule has 0 aromatic heterocycles. The number of amides is 1. The maximum absolute atomic E-state index is 13.4. The average Bonchev–Trinajstić information content (AvgIpc) is 3.06. The molecule has 1 aliphatic heterocycles. The van der Waals surface area contributed by atoms with Crippen molar-refractivity contribution < 1.29 is 41.3 Å². The van der Waals surface area contributed by atoms with Crippen LogP contribution < -0.4 is 10.1 Å². The van der Waals surface area contributed by atoms with Crippen LogP contribution in [0.15, 0.2) is 41.3 Å². The molecule has 1 amide bonds. The van der Waals surface area contributed by atoms with Crippen LogP contribution >= 0.6 is 0 Å². The van der Waals surface area contributed by atoms with Crippen molar-refractivity contribution in [3.63, 3.8) is 0 Å². The number of aliphatic hydroxyl groups is 1. The molecule has 1 atom stereocenters. The van der Waals surface area contributed by atoms with Gasteiger partial charge in [-0.2, -0.15) is 4.31 Å². The van der Waals surface area contributed by atoms with Crippen LogP contribution in [0.25, 0.3) is 0 Å². The van der Waals surface area contributed by atoms with E-state index in [0.29, 0.717) is 0 Å². The van der Waals surface area contributed by atoms with E-state index in [0.717, 1.165) is 22.5 Å². The van der Waals surface area contributed by atoms with E-state index in [4.69, 9.17) is 19.3 Å². The van der Waals surface area contributed by atoms with Crippen molar-refractivity contribution in [2.75, 3.05) is 51.9 Å². The molecule has 0 bridgehead atoms. The van der Waals surface area contributed by atoms with Crippen molar-refractivity contribution in [2.24, 2.45) is 0 Å². The number of aliphatic hydroxyl groups excluding tert-OH is 1. The average molecular weight is 486 g/mol. The second kappa shape index (κ2) is 11.0. The number of halogens is 2. The number of benzene rings is 2. The zero-order valence-electron chi connectivity index (χ0n) is 17.8. The minimum atomic E-state index is -4.13. The van der Waals surface area contributed by atoms with Crippen LogP contribution in [0.4, 0.5) is 14.5 Å². The van der Waals surface area contributed by atoms with Gasteiger partial charge in [0.25, 0.3) is 5.91 Å². The summed E-state index contributed by atoms with van der Waals surface area (Å²) in [7, 11) is -2.83. The molecule has 180 valence electrons. The van der Waals surface area contributed by atoms with Crippen molar-refractivity contribution in [1.29, 1.82) is 0 Å². The normalized spacial score (nSPS) is 17.4. The van der Waals surface area contributed by atoms with E-state index in [1.165, 1.54) is 25.3 Å². The fourth-order valence-electron chi connectivity index (χ4n) is 3.23. The molecule has 2 aromatic carbocycles. The fourth-order valence-corrected chi connectivity index (χ4v) is 4.86. The molecule has 9 nitrogen and oxygen atoms in total. The van der Waals surface area contributed by atoms with Crippen LogP contribution in [0.5, 0.6) is 5.75 Å². The van der Waals surface area contributed by atoms with Gasteiger partial charge >= 0.3 is 0 Å². The number of nitrogens with zero attached hydrogens (tertiary/aromatic N) is 1. The number of carbonyl (C=O) groups excluding carboxylic acids is 1. The maximum Gasteiger partial charge on any atom is 0.255 e. The van der Waals surface area contributed by atoms with E-state index in [1.807, 2.05) is 0 Å². The number of carbonyl (C=O) groups is 1. The quantitative estimate of drug-likeness (QED) is 0.583. The number of anilines is 1. The first-order valence-corrected chi connectivity index (χ1v) is 11.4. The van der Waals surface area contributed by atoms with Gasteiger partial charge in [0.2, 0.25) is 10.0 Å². The van der Waals surface area contributed by atoms with E-state index in [-0.39, 0.29) is 61.4 Å². The fraction of sp³-hybridized carbons (Fsp3) is 0.381. The van der Waals surface area contributed by atoms with E-state index >= 15 is 0 Å². The highest BCUT2D eigenvalue weighted by atomic mass is 32.2. The highest BCUT2D eigenvalue weighted by Crippen LogP contribution is 2.29. The number of hydrogen-bond acceptors (Lipinski definition) is 7. The Morgan fingerprint density at radius 1 is 1.24 bits per heavy atom. The lowest BCUT2D eigenvalue weighted by Gasteiger charge is -2.24. The lowest BCUT2D eigenvalue weighted by atomic mass is 10.2. The molecule has 0 radical (unpaired) electrons. The Morgan fingerprint density at radius 3 is 2.73 bits per heavy atom. The molecule has 12 heteroatoms. The SMILES string of the molecule is COc1ccc(C(=O)Nc2ccc(F)c(F)c2)cc1S(=O)(=O)N1CCOCC(OCCO)C1. The van der Waals surface area contributed by atoms with Gasteiger partial charge in [-0.3, -0.25) is 4.79 Å². The summed E-state index contributed by atoms with van der Waals surface area (Å²) in [6.07, 6.45) is -0.583. The number of ether oxygens (including phenoxy) is 3. The Morgan fingerprint density at radius 2 is 2.03 bits per heavy atom. The first-order valence-electron chi connectivity index (χ1n) is 10.0. The van der Waals surface area contributed by atoms with Crippen molar-refractivity contribution in [3.05, 3.63) is 53.6 Å². The first kappa shape index (κ1) is 25.0. The van der Waals surface area contributed by atoms with Crippen LogP contribution in [0.2, 0.25) is 0 Å². The third-order valence-corrected chi connectivity index (χ3v) is 6.75. The predicted octanol–water partition coefficient (Wildman–Crippen LogP) is 1.62. The summed E-state index contributed by atoms with van der Waals surface area (Å²) in [6.45, 7) is 0.153. The lowest BCUT2D eigenvalue weighted by molar-refractivity contribution is -0.0157. The van der Waals surface area contributed by atoms with Gasteiger partial charge in [-0.1, -0.05) is 0 Å². The van der Waals surface area contributed by atoms with Crippen molar-refractivity contribution >= 4 is 21.6 Å². The minimum Gasteiger partial charge on any atom is -0.495 e. The Hall–Kier alpha value is -2.64. The summed E-state index contributed by atoms with van der Waals surface area (Å²) < 4.78 is 70.6. The topological polar surface area (TPSA) is 114 Å². The number of rotatable bonds is 8. The Balaban J connectivity index is 1.88. The molecule has 3 rings (SSSR count). The Labute approximate surface area is 189 Å². The molecule has 0 spiro atoms. The molecule has 0 saturated carbocycles. The second-order valence-electron chi connectivity index (χ2n) is 7.10. The Bertz CT molecular complexity index is 1100. The van der Waals surface area contributed by atoms with Crippen LogP contribution in [0.3, 0.4) is 0 Å². The van der Waals surface area contributed by atoms with Gasteiger partial charge in [0.05, 0.1) is 39.6 Å². The second-order valence-corrected chi connectivity index (χ2v) is 9.01. The molecule has 33 heavy (non-hydrogen) atoms. The third-order valence-electron chi connectivity index (χ3n) is 4.86. The molecule has 1 fully saturated rings. The van der Waals surface area contributed by atoms with Crippen LogP contribution in [0.1, 0.15) is 10.4 Å². The minimum absolute atomic E-state index is 0.00710. The van der Waals surface area contributed by atoms with E-state index in [2.05, 4.69) is 5.32 Å². The standard InChI is InChI=1S/C21H24F2N2O7S/c1-30-19-5-2-14(21(27)24-15-3-4-17(22)18(23)11-15)10-20(19)33(28,29)25-6-8-31-13-16(12-25)32-9-7-26/h2-5,10-11,16,26H,6-9,12-13H2,1H3,(H,24,27). The Kier molecular flexibility index (Phi) is 8.32. The summed E-state index contributed by atoms with van der Waals surface area (Å²) in [5.74, 6) is -2.89. The predicted molar refractivity (Wildman–Crippen MR) is 114 cm³/mol. The highest BCUT2D eigenvalue weighted by molar-refractivity contribution is 7.89. The van der Waals surface area contributed by atoms with Gasteiger partial charge in [0, 0.05) is 30.4 Å². The lowest BCUT2D eigenvalue weighted by Crippen LogP contribution is -2.39. The molecular weight excluding hydrogens is 462 g/mol. The first-order chi connectivity index (χ1) is 15.8. The molecule has 0 aliphatic carbocycles. The van der Waals surface area contributed by atoms with Gasteiger partial charge < -0.3 is 24.6 Å². The van der Waals surface area contributed by atoms with Gasteiger partial charge in [-0.15, -0.1) is 0 Å². The molecule has 1 aliphatic rings. The molecule has 2 N–H and O–H groups in total. The summed E-state index contributed by atoms with van der Waals surface area (Å²) in [4.78, 5) is 12.4. The van der Waals surface area contributed by atoms with Crippen molar-refractivity contribution in [3.8, 4) is 5.75 Å². The molecule has 1 unspecified atom stereocenters. The van der Waals surface area contributed by atoms with Crippen LogP contribution in [0, 0.1) is 11.6 Å². The van der Waals surface area contributed by atoms with Gasteiger partial charge in [0.1, 0.15) is 10.6 Å². The highest BCUT2D eigenvalue weighted by Gasteiger charge is 2.32. The van der Waals surface area contributed by atoms with Gasteiger partial charge in [-0.05, 0) is 30.3 Å². The summed E-state index contributed by atoms with van der Waals surface area (Å²) in [6, 6.07) is 6.70. The third kappa shape index (κ3) is 6.03. The zero-order valence-corrected chi connectivity index (χ0v) is 18.6. The molecular formula is C21H24F2N2O7S. The molecule has 1 saturated heterocycles. The summed E-state index contributed by atoms with van der Waals surface area (Å²) in [5, 5.41) is 11.4. The monoisotopic (exact) mass is 486 g/mol. The maximum atomic E-state index is 13.4. The van der Waals surface area contributed by atoms with E-state index in [1.54, 1.807) is 0 Å². The largest absolute Gasteiger partial charge is 0.495 e. The van der Waals surface area contributed by atoms with Crippen LogP contribution in [-0.2, 0) is 19.5 Å². The van der Waals surface area contributed by atoms with Gasteiger partial charge in [0.15, 0.2) is 11.6 Å². The van der Waals surface area contributed by atoms with E-state index < -0.39 is 33.7 Å². The van der Waals surface area contributed by atoms with E-state index in [9.17, 15) is 22.0 Å². The number of hydrogen-bond donors (Lipinski definition) is 2. The van der Waals surface area contributed by atoms with Crippen LogP contribution in [-0.4, -0.2) is 76.5 Å². The van der Waals surface area contributed by atoms with Crippen molar-refractivity contribution in [1.82, 2.24) is 4.31 Å². The number of sulfonamides is 1. The van der Waals surface area contributed by atoms with Gasteiger partial charge in [-0.25, -0.2) is 17.2 Å². The van der Waals surface area contributed by atoms with Crippen molar-refractivity contribution in [2.45, 2.75) is 11.0 Å². The zero-order chi connectivity index (χ0) is 24.0. The summed E-state index contributed by atoms with van der Waals surface area (Å²) >= 11 is 0. The number of methoxy groups -OCH3 is 1. The number of nitrogens with one attached hydrogen (secondary N) is 1. The molecule has 2 aromatic rings. The summed E-state index contributed by atoms with van der Waals surface area (Å²) in [5.41, 5.74) is -0.0223.